The maximum absolute atomic E-state index is 5.47. The number of hydrogen-bond donors (Lipinski definition) is 0. The number of hydrogen-bond acceptors (Lipinski definition) is 4. The standard InChI is InChI=1S/C16H25NO3/c1-4-20-15-7-5-14(6-8-15)17-11-9-13(10-12-17)16(18-2)19-3/h5-8,13,16H,4,9-12H2,1-3H3. The zero-order valence-electron chi connectivity index (χ0n) is 12.7. The van der Waals surface area contributed by atoms with Crippen LogP contribution in [0.4, 0.5) is 5.69 Å². The molecule has 1 fully saturated rings. The first-order valence-electron chi connectivity index (χ1n) is 7.32. The number of ether oxygens (including phenoxy) is 3. The van der Waals surface area contributed by atoms with E-state index in [-0.39, 0.29) is 6.29 Å². The highest BCUT2D eigenvalue weighted by atomic mass is 16.7. The van der Waals surface area contributed by atoms with E-state index in [0.717, 1.165) is 31.7 Å². The Kier molecular flexibility index (Phi) is 5.68. The predicted molar refractivity (Wildman–Crippen MR) is 80.4 cm³/mol. The average molecular weight is 279 g/mol. The van der Waals surface area contributed by atoms with Crippen LogP contribution in [0.15, 0.2) is 24.3 Å². The third-order valence-corrected chi connectivity index (χ3v) is 3.90. The maximum Gasteiger partial charge on any atom is 0.159 e. The molecule has 1 aliphatic rings. The Morgan fingerprint density at radius 3 is 2.20 bits per heavy atom. The lowest BCUT2D eigenvalue weighted by Crippen LogP contribution is -2.39. The molecule has 4 nitrogen and oxygen atoms in total. The van der Waals surface area contributed by atoms with Crippen LogP contribution in [-0.4, -0.2) is 40.2 Å². The van der Waals surface area contributed by atoms with Gasteiger partial charge in [0.25, 0.3) is 0 Å². The summed E-state index contributed by atoms with van der Waals surface area (Å²) in [5, 5.41) is 0. The predicted octanol–water partition coefficient (Wildman–Crippen LogP) is 2.92. The van der Waals surface area contributed by atoms with Gasteiger partial charge in [-0.05, 0) is 44.0 Å². The molecule has 0 aromatic heterocycles. The van der Waals surface area contributed by atoms with Crippen molar-refractivity contribution in [1.82, 2.24) is 0 Å². The lowest BCUT2D eigenvalue weighted by molar-refractivity contribution is -0.141. The van der Waals surface area contributed by atoms with Crippen LogP contribution < -0.4 is 9.64 Å². The van der Waals surface area contributed by atoms with Gasteiger partial charge in [0.15, 0.2) is 6.29 Å². The van der Waals surface area contributed by atoms with Crippen molar-refractivity contribution in [2.75, 3.05) is 38.8 Å². The summed E-state index contributed by atoms with van der Waals surface area (Å²) in [6.45, 7) is 4.80. The van der Waals surface area contributed by atoms with Crippen molar-refractivity contribution in [2.24, 2.45) is 5.92 Å². The third-order valence-electron chi connectivity index (χ3n) is 3.90. The van der Waals surface area contributed by atoms with E-state index in [2.05, 4.69) is 17.0 Å². The van der Waals surface area contributed by atoms with Gasteiger partial charge < -0.3 is 19.1 Å². The molecule has 1 aromatic rings. The summed E-state index contributed by atoms with van der Waals surface area (Å²) in [6, 6.07) is 8.35. The van der Waals surface area contributed by atoms with E-state index in [1.165, 1.54) is 5.69 Å². The lowest BCUT2D eigenvalue weighted by atomic mass is 9.95. The van der Waals surface area contributed by atoms with Crippen molar-refractivity contribution in [3.05, 3.63) is 24.3 Å². The molecule has 0 bridgehead atoms. The Balaban J connectivity index is 1.90. The second kappa shape index (κ2) is 7.50. The van der Waals surface area contributed by atoms with Gasteiger partial charge in [-0.1, -0.05) is 0 Å². The maximum atomic E-state index is 5.47. The molecule has 1 saturated heterocycles. The van der Waals surface area contributed by atoms with Gasteiger partial charge >= 0.3 is 0 Å². The van der Waals surface area contributed by atoms with Crippen LogP contribution in [-0.2, 0) is 9.47 Å². The second-order valence-electron chi connectivity index (χ2n) is 5.09. The monoisotopic (exact) mass is 279 g/mol. The summed E-state index contributed by atoms with van der Waals surface area (Å²) in [7, 11) is 3.43. The van der Waals surface area contributed by atoms with E-state index in [1.807, 2.05) is 19.1 Å². The summed E-state index contributed by atoms with van der Waals surface area (Å²) in [5.41, 5.74) is 1.26. The fraction of sp³-hybridized carbons (Fsp3) is 0.625. The summed E-state index contributed by atoms with van der Waals surface area (Å²) in [4.78, 5) is 2.41. The van der Waals surface area contributed by atoms with Crippen LogP contribution in [0.5, 0.6) is 5.75 Å². The van der Waals surface area contributed by atoms with Gasteiger partial charge in [0.2, 0.25) is 0 Å². The largest absolute Gasteiger partial charge is 0.494 e. The zero-order chi connectivity index (χ0) is 14.4. The van der Waals surface area contributed by atoms with E-state index in [4.69, 9.17) is 14.2 Å². The fourth-order valence-corrected chi connectivity index (χ4v) is 2.83. The lowest BCUT2D eigenvalue weighted by Gasteiger charge is -2.36. The molecule has 0 saturated carbocycles. The molecule has 20 heavy (non-hydrogen) atoms. The Labute approximate surface area is 121 Å². The van der Waals surface area contributed by atoms with Crippen LogP contribution in [0.1, 0.15) is 19.8 Å². The third kappa shape index (κ3) is 3.64. The van der Waals surface area contributed by atoms with Gasteiger partial charge in [0.05, 0.1) is 6.61 Å². The zero-order valence-corrected chi connectivity index (χ0v) is 12.7. The summed E-state index contributed by atoms with van der Waals surface area (Å²) in [5.74, 6) is 1.42. The topological polar surface area (TPSA) is 30.9 Å². The molecule has 0 aliphatic carbocycles. The summed E-state index contributed by atoms with van der Waals surface area (Å²) < 4.78 is 16.2. The van der Waals surface area contributed by atoms with Crippen LogP contribution in [0.3, 0.4) is 0 Å². The molecule has 4 heteroatoms. The van der Waals surface area contributed by atoms with Crippen LogP contribution >= 0.6 is 0 Å². The number of methoxy groups -OCH3 is 2. The molecule has 1 heterocycles. The van der Waals surface area contributed by atoms with Gasteiger partial charge in [-0.25, -0.2) is 0 Å². The van der Waals surface area contributed by atoms with E-state index in [0.29, 0.717) is 12.5 Å². The minimum atomic E-state index is -0.0718. The second-order valence-corrected chi connectivity index (χ2v) is 5.09. The number of anilines is 1. The average Bonchev–Trinajstić information content (AvgIpc) is 2.50. The number of benzene rings is 1. The van der Waals surface area contributed by atoms with E-state index in [1.54, 1.807) is 14.2 Å². The Hall–Kier alpha value is -1.26. The summed E-state index contributed by atoms with van der Waals surface area (Å²) in [6.07, 6.45) is 2.12. The Morgan fingerprint density at radius 2 is 1.70 bits per heavy atom. The molecule has 0 N–H and O–H groups in total. The molecule has 0 radical (unpaired) electrons. The van der Waals surface area contributed by atoms with Crippen molar-refractivity contribution < 1.29 is 14.2 Å². The van der Waals surface area contributed by atoms with Crippen molar-refractivity contribution in [3.8, 4) is 5.75 Å². The smallest absolute Gasteiger partial charge is 0.159 e. The molecule has 0 spiro atoms. The quantitative estimate of drug-likeness (QED) is 0.749. The SMILES string of the molecule is CCOc1ccc(N2CCC(C(OC)OC)CC2)cc1. The highest BCUT2D eigenvalue weighted by molar-refractivity contribution is 5.49. The molecule has 0 unspecified atom stereocenters. The number of nitrogens with zero attached hydrogens (tertiary/aromatic N) is 1. The molecule has 112 valence electrons. The van der Waals surface area contributed by atoms with Gasteiger partial charge in [-0.15, -0.1) is 0 Å². The van der Waals surface area contributed by atoms with Gasteiger partial charge in [-0.3, -0.25) is 0 Å². The number of piperidine rings is 1. The van der Waals surface area contributed by atoms with Gasteiger partial charge in [-0.2, -0.15) is 0 Å². The Bertz CT molecular complexity index is 381. The van der Waals surface area contributed by atoms with Gasteiger partial charge in [0.1, 0.15) is 5.75 Å². The van der Waals surface area contributed by atoms with Crippen molar-refractivity contribution >= 4 is 5.69 Å². The van der Waals surface area contributed by atoms with E-state index in [9.17, 15) is 0 Å². The molecular weight excluding hydrogens is 254 g/mol. The minimum absolute atomic E-state index is 0.0718. The van der Waals surface area contributed by atoms with Crippen molar-refractivity contribution in [1.29, 1.82) is 0 Å². The van der Waals surface area contributed by atoms with E-state index < -0.39 is 0 Å². The Morgan fingerprint density at radius 1 is 1.10 bits per heavy atom. The highest BCUT2D eigenvalue weighted by Gasteiger charge is 2.26. The normalized spacial score (nSPS) is 16.7. The first-order valence-corrected chi connectivity index (χ1v) is 7.32. The minimum Gasteiger partial charge on any atom is -0.494 e. The van der Waals surface area contributed by atoms with Crippen molar-refractivity contribution in [2.45, 2.75) is 26.1 Å². The first-order chi connectivity index (χ1) is 9.78. The van der Waals surface area contributed by atoms with Gasteiger partial charge in [0, 0.05) is 38.9 Å². The highest BCUT2D eigenvalue weighted by Crippen LogP contribution is 2.27. The molecule has 2 rings (SSSR count). The fourth-order valence-electron chi connectivity index (χ4n) is 2.83. The molecule has 0 amide bonds. The van der Waals surface area contributed by atoms with E-state index >= 15 is 0 Å². The molecule has 1 aromatic carbocycles. The first kappa shape index (κ1) is 15.1. The van der Waals surface area contributed by atoms with Crippen LogP contribution in [0, 0.1) is 5.92 Å². The number of rotatable bonds is 6. The van der Waals surface area contributed by atoms with Crippen molar-refractivity contribution in [3.63, 3.8) is 0 Å². The summed E-state index contributed by atoms with van der Waals surface area (Å²) >= 11 is 0. The molecule has 1 aliphatic heterocycles. The van der Waals surface area contributed by atoms with Crippen LogP contribution in [0.2, 0.25) is 0 Å². The molecular formula is C16H25NO3. The van der Waals surface area contributed by atoms with Crippen LogP contribution in [0.25, 0.3) is 0 Å². The molecule has 0 atom stereocenters.